The number of likely N-dealkylation sites (N-methyl/N-ethyl adjacent to an activating group) is 1. The van der Waals surface area contributed by atoms with Crippen molar-refractivity contribution < 1.29 is 0 Å². The minimum atomic E-state index is 0. The van der Waals surface area contributed by atoms with E-state index in [1.807, 2.05) is 12.1 Å². The van der Waals surface area contributed by atoms with E-state index in [4.69, 9.17) is 11.6 Å². The molecule has 1 aromatic carbocycles. The van der Waals surface area contributed by atoms with E-state index in [1.54, 1.807) is 0 Å². The van der Waals surface area contributed by atoms with Gasteiger partial charge in [-0.1, -0.05) is 30.7 Å². The van der Waals surface area contributed by atoms with E-state index >= 15 is 0 Å². The zero-order chi connectivity index (χ0) is 10.7. The van der Waals surface area contributed by atoms with Crippen LogP contribution in [-0.4, -0.2) is 25.0 Å². The summed E-state index contributed by atoms with van der Waals surface area (Å²) in [5, 5.41) is 0.804. The summed E-state index contributed by atoms with van der Waals surface area (Å²) in [5.74, 6) is 0.530. The van der Waals surface area contributed by atoms with Gasteiger partial charge >= 0.3 is 0 Å². The number of nitrogens with zero attached hydrogens (tertiary/aromatic N) is 1. The summed E-state index contributed by atoms with van der Waals surface area (Å²) in [4.78, 5) is 2.24. The molecule has 0 saturated carbocycles. The Bertz CT molecular complexity index is 282. The topological polar surface area (TPSA) is 3.24 Å². The lowest BCUT2D eigenvalue weighted by Crippen LogP contribution is -2.29. The highest BCUT2D eigenvalue weighted by Crippen LogP contribution is 2.22. The van der Waals surface area contributed by atoms with Crippen molar-refractivity contribution in [2.75, 3.05) is 14.1 Å². The maximum atomic E-state index is 5.85. The molecule has 1 aromatic rings. The van der Waals surface area contributed by atoms with Crippen LogP contribution >= 0.6 is 24.0 Å². The number of hydrogen-bond acceptors (Lipinski definition) is 1. The van der Waals surface area contributed by atoms with Crippen molar-refractivity contribution in [3.05, 3.63) is 34.9 Å². The summed E-state index contributed by atoms with van der Waals surface area (Å²) in [5.41, 5.74) is 1.34. The first kappa shape index (κ1) is 14.8. The second-order valence-electron chi connectivity index (χ2n) is 4.04. The van der Waals surface area contributed by atoms with Gasteiger partial charge in [0.2, 0.25) is 0 Å². The van der Waals surface area contributed by atoms with Crippen LogP contribution in [0.15, 0.2) is 24.3 Å². The van der Waals surface area contributed by atoms with E-state index in [1.165, 1.54) is 5.56 Å². The van der Waals surface area contributed by atoms with Crippen LogP contribution in [-0.2, 0) is 0 Å². The molecule has 0 bridgehead atoms. The van der Waals surface area contributed by atoms with Crippen LogP contribution in [0.1, 0.15) is 25.3 Å². The second-order valence-corrected chi connectivity index (χ2v) is 4.48. The molecule has 86 valence electrons. The van der Waals surface area contributed by atoms with E-state index in [0.29, 0.717) is 12.0 Å². The molecular formula is C12H19Cl2N. The molecule has 0 saturated heterocycles. The molecule has 0 aliphatic rings. The molecule has 0 aliphatic carbocycles. The molecule has 2 unspecified atom stereocenters. The minimum absolute atomic E-state index is 0. The van der Waals surface area contributed by atoms with Gasteiger partial charge < -0.3 is 4.90 Å². The third kappa shape index (κ3) is 4.02. The lowest BCUT2D eigenvalue weighted by atomic mass is 9.94. The van der Waals surface area contributed by atoms with Gasteiger partial charge in [0.05, 0.1) is 0 Å². The van der Waals surface area contributed by atoms with E-state index in [9.17, 15) is 0 Å². The standard InChI is InChI=1S/C12H18ClN.ClH/c1-9(10(2)14(3)4)11-5-7-12(13)8-6-11;/h5-10H,1-4H3;1H. The first-order valence-corrected chi connectivity index (χ1v) is 5.32. The van der Waals surface area contributed by atoms with E-state index in [-0.39, 0.29) is 12.4 Å². The number of hydrogen-bond donors (Lipinski definition) is 0. The summed E-state index contributed by atoms with van der Waals surface area (Å²) in [6.07, 6.45) is 0. The van der Waals surface area contributed by atoms with E-state index in [0.717, 1.165) is 5.02 Å². The summed E-state index contributed by atoms with van der Waals surface area (Å²) >= 11 is 5.85. The Balaban J connectivity index is 0.00000196. The second kappa shape index (κ2) is 6.37. The SMILES string of the molecule is CC(c1ccc(Cl)cc1)C(C)N(C)C.Cl. The Morgan fingerprint density at radius 1 is 1.07 bits per heavy atom. The molecule has 0 amide bonds. The number of halogens is 2. The van der Waals surface area contributed by atoms with Gasteiger partial charge in [0.15, 0.2) is 0 Å². The van der Waals surface area contributed by atoms with Crippen LogP contribution in [0, 0.1) is 0 Å². The van der Waals surface area contributed by atoms with Crippen molar-refractivity contribution in [3.63, 3.8) is 0 Å². The third-order valence-corrected chi connectivity index (χ3v) is 3.19. The van der Waals surface area contributed by atoms with Crippen molar-refractivity contribution in [1.29, 1.82) is 0 Å². The average Bonchev–Trinajstić information content (AvgIpc) is 2.16. The molecule has 0 aromatic heterocycles. The summed E-state index contributed by atoms with van der Waals surface area (Å²) in [6, 6.07) is 8.65. The summed E-state index contributed by atoms with van der Waals surface area (Å²) in [7, 11) is 4.22. The molecule has 0 aliphatic heterocycles. The van der Waals surface area contributed by atoms with Crippen LogP contribution in [0.4, 0.5) is 0 Å². The molecule has 1 nitrogen and oxygen atoms in total. The maximum Gasteiger partial charge on any atom is 0.0406 e. The molecular weight excluding hydrogens is 229 g/mol. The van der Waals surface area contributed by atoms with Crippen molar-refractivity contribution in [1.82, 2.24) is 4.90 Å². The highest BCUT2D eigenvalue weighted by atomic mass is 35.5. The van der Waals surface area contributed by atoms with Crippen LogP contribution in [0.3, 0.4) is 0 Å². The Kier molecular flexibility index (Phi) is 6.26. The fourth-order valence-electron chi connectivity index (χ4n) is 1.49. The Morgan fingerprint density at radius 3 is 1.93 bits per heavy atom. The molecule has 0 heterocycles. The Hall–Kier alpha value is -0.240. The van der Waals surface area contributed by atoms with Crippen LogP contribution in [0.2, 0.25) is 5.02 Å². The van der Waals surface area contributed by atoms with Crippen molar-refractivity contribution in [2.45, 2.75) is 25.8 Å². The zero-order valence-corrected chi connectivity index (χ0v) is 11.3. The van der Waals surface area contributed by atoms with Gasteiger partial charge in [-0.3, -0.25) is 0 Å². The van der Waals surface area contributed by atoms with Gasteiger partial charge in [0.25, 0.3) is 0 Å². The molecule has 0 fully saturated rings. The fourth-order valence-corrected chi connectivity index (χ4v) is 1.62. The first-order valence-electron chi connectivity index (χ1n) is 4.94. The smallest absolute Gasteiger partial charge is 0.0406 e. The lowest BCUT2D eigenvalue weighted by Gasteiger charge is -2.26. The van der Waals surface area contributed by atoms with Crippen LogP contribution in [0.25, 0.3) is 0 Å². The minimum Gasteiger partial charge on any atom is -0.306 e. The highest BCUT2D eigenvalue weighted by Gasteiger charge is 2.15. The molecule has 2 atom stereocenters. The fraction of sp³-hybridized carbons (Fsp3) is 0.500. The Morgan fingerprint density at radius 2 is 1.53 bits per heavy atom. The van der Waals surface area contributed by atoms with E-state index in [2.05, 4.69) is 45.0 Å². The van der Waals surface area contributed by atoms with Crippen molar-refractivity contribution >= 4 is 24.0 Å². The van der Waals surface area contributed by atoms with Gasteiger partial charge in [-0.25, -0.2) is 0 Å². The molecule has 1 rings (SSSR count). The maximum absolute atomic E-state index is 5.85. The molecule has 15 heavy (non-hydrogen) atoms. The van der Waals surface area contributed by atoms with Gasteiger partial charge in [0.1, 0.15) is 0 Å². The first-order chi connectivity index (χ1) is 6.52. The van der Waals surface area contributed by atoms with Crippen LogP contribution in [0.5, 0.6) is 0 Å². The lowest BCUT2D eigenvalue weighted by molar-refractivity contribution is 0.280. The Labute approximate surface area is 104 Å². The predicted octanol–water partition coefficient (Wildman–Crippen LogP) is 3.82. The van der Waals surface area contributed by atoms with E-state index < -0.39 is 0 Å². The molecule has 0 spiro atoms. The number of benzene rings is 1. The van der Waals surface area contributed by atoms with Gasteiger partial charge in [-0.05, 0) is 44.6 Å². The quantitative estimate of drug-likeness (QED) is 0.786. The third-order valence-electron chi connectivity index (χ3n) is 2.93. The van der Waals surface area contributed by atoms with Crippen molar-refractivity contribution in [2.24, 2.45) is 0 Å². The predicted molar refractivity (Wildman–Crippen MR) is 70.3 cm³/mol. The average molecular weight is 248 g/mol. The molecule has 0 radical (unpaired) electrons. The summed E-state index contributed by atoms with van der Waals surface area (Å²) in [6.45, 7) is 4.48. The largest absolute Gasteiger partial charge is 0.306 e. The highest BCUT2D eigenvalue weighted by molar-refractivity contribution is 6.30. The van der Waals surface area contributed by atoms with Gasteiger partial charge in [-0.15, -0.1) is 12.4 Å². The number of rotatable bonds is 3. The monoisotopic (exact) mass is 247 g/mol. The molecule has 0 N–H and O–H groups in total. The van der Waals surface area contributed by atoms with Gasteiger partial charge in [0, 0.05) is 11.1 Å². The van der Waals surface area contributed by atoms with Crippen molar-refractivity contribution in [3.8, 4) is 0 Å². The molecule has 3 heteroatoms. The summed E-state index contributed by atoms with van der Waals surface area (Å²) < 4.78 is 0. The normalized spacial score (nSPS) is 14.5. The zero-order valence-electron chi connectivity index (χ0n) is 9.70. The van der Waals surface area contributed by atoms with Crippen LogP contribution < -0.4 is 0 Å². The van der Waals surface area contributed by atoms with Gasteiger partial charge in [-0.2, -0.15) is 0 Å².